The number of hydrogen-bond donors (Lipinski definition) is 3. The molecule has 0 amide bonds. The molecule has 4 heteroatoms. The second kappa shape index (κ2) is 6.35. The Kier molecular flexibility index (Phi) is 5.08. The molecule has 3 N–H and O–H groups in total. The van der Waals surface area contributed by atoms with E-state index in [9.17, 15) is 10.2 Å². The standard InChI is InChI=1S/C12H19NO3/c1-3-10(14)8-13-7-9-4-5-11(15)12(6-9)16-2/h4-6,10,13-15H,3,7-8H2,1-2H3. The van der Waals surface area contributed by atoms with Gasteiger partial charge in [-0.05, 0) is 24.1 Å². The summed E-state index contributed by atoms with van der Waals surface area (Å²) in [6.45, 7) is 3.16. The normalized spacial score (nSPS) is 12.4. The fraction of sp³-hybridized carbons (Fsp3) is 0.500. The molecular weight excluding hydrogens is 206 g/mol. The molecule has 0 saturated heterocycles. The zero-order valence-corrected chi connectivity index (χ0v) is 9.73. The van der Waals surface area contributed by atoms with Gasteiger partial charge in [0, 0.05) is 13.1 Å². The Labute approximate surface area is 95.9 Å². The maximum Gasteiger partial charge on any atom is 0.160 e. The fourth-order valence-corrected chi connectivity index (χ4v) is 1.36. The number of rotatable bonds is 6. The number of phenols is 1. The van der Waals surface area contributed by atoms with Gasteiger partial charge in [0.1, 0.15) is 0 Å². The Hall–Kier alpha value is -1.26. The molecule has 0 aliphatic heterocycles. The second-order valence-corrected chi connectivity index (χ2v) is 3.70. The SMILES string of the molecule is CCC(O)CNCc1ccc(O)c(OC)c1. The number of methoxy groups -OCH3 is 1. The van der Waals surface area contributed by atoms with Crippen molar-refractivity contribution >= 4 is 0 Å². The van der Waals surface area contributed by atoms with Crippen LogP contribution in [0.4, 0.5) is 0 Å². The zero-order valence-electron chi connectivity index (χ0n) is 9.73. The minimum Gasteiger partial charge on any atom is -0.504 e. The summed E-state index contributed by atoms with van der Waals surface area (Å²) in [7, 11) is 1.52. The molecule has 0 radical (unpaired) electrons. The number of aliphatic hydroxyl groups excluding tert-OH is 1. The van der Waals surface area contributed by atoms with E-state index in [1.165, 1.54) is 7.11 Å². The predicted molar refractivity (Wildman–Crippen MR) is 62.7 cm³/mol. The Morgan fingerprint density at radius 1 is 1.44 bits per heavy atom. The maximum atomic E-state index is 9.40. The molecule has 0 saturated carbocycles. The lowest BCUT2D eigenvalue weighted by Gasteiger charge is -2.10. The van der Waals surface area contributed by atoms with Crippen LogP contribution in [-0.2, 0) is 6.54 Å². The minimum atomic E-state index is -0.306. The first-order chi connectivity index (χ1) is 7.67. The molecule has 0 aliphatic carbocycles. The van der Waals surface area contributed by atoms with E-state index in [2.05, 4.69) is 5.32 Å². The summed E-state index contributed by atoms with van der Waals surface area (Å²) in [4.78, 5) is 0. The summed E-state index contributed by atoms with van der Waals surface area (Å²) in [5, 5.41) is 21.9. The van der Waals surface area contributed by atoms with Crippen LogP contribution in [0.2, 0.25) is 0 Å². The average Bonchev–Trinajstić information content (AvgIpc) is 2.31. The summed E-state index contributed by atoms with van der Waals surface area (Å²) in [6, 6.07) is 5.20. The molecule has 0 fully saturated rings. The van der Waals surface area contributed by atoms with Crippen molar-refractivity contribution < 1.29 is 14.9 Å². The maximum absolute atomic E-state index is 9.40. The molecule has 1 aromatic rings. The van der Waals surface area contributed by atoms with E-state index in [1.807, 2.05) is 13.0 Å². The predicted octanol–water partition coefficient (Wildman–Crippen LogP) is 1.26. The molecule has 1 unspecified atom stereocenters. The van der Waals surface area contributed by atoms with Gasteiger partial charge in [-0.25, -0.2) is 0 Å². The van der Waals surface area contributed by atoms with Gasteiger partial charge in [0.15, 0.2) is 11.5 Å². The number of ether oxygens (including phenoxy) is 1. The van der Waals surface area contributed by atoms with E-state index in [0.29, 0.717) is 18.8 Å². The third kappa shape index (κ3) is 3.72. The monoisotopic (exact) mass is 225 g/mol. The molecule has 0 aromatic heterocycles. The molecular formula is C12H19NO3. The van der Waals surface area contributed by atoms with Crippen LogP contribution in [0.3, 0.4) is 0 Å². The van der Waals surface area contributed by atoms with Gasteiger partial charge in [0.2, 0.25) is 0 Å². The molecule has 1 atom stereocenters. The van der Waals surface area contributed by atoms with Gasteiger partial charge >= 0.3 is 0 Å². The van der Waals surface area contributed by atoms with Crippen molar-refractivity contribution in [2.45, 2.75) is 26.0 Å². The Morgan fingerprint density at radius 2 is 2.19 bits per heavy atom. The van der Waals surface area contributed by atoms with E-state index in [1.54, 1.807) is 12.1 Å². The van der Waals surface area contributed by atoms with Crippen LogP contribution in [0.1, 0.15) is 18.9 Å². The van der Waals surface area contributed by atoms with Crippen molar-refractivity contribution in [2.24, 2.45) is 0 Å². The van der Waals surface area contributed by atoms with Gasteiger partial charge in [-0.2, -0.15) is 0 Å². The highest BCUT2D eigenvalue weighted by Crippen LogP contribution is 2.25. The van der Waals surface area contributed by atoms with Crippen molar-refractivity contribution in [3.63, 3.8) is 0 Å². The van der Waals surface area contributed by atoms with Crippen molar-refractivity contribution in [2.75, 3.05) is 13.7 Å². The highest BCUT2D eigenvalue weighted by Gasteiger charge is 2.03. The molecule has 0 heterocycles. The first-order valence-corrected chi connectivity index (χ1v) is 5.42. The van der Waals surface area contributed by atoms with Crippen molar-refractivity contribution in [3.05, 3.63) is 23.8 Å². The van der Waals surface area contributed by atoms with Crippen LogP contribution >= 0.6 is 0 Å². The molecule has 0 bridgehead atoms. The Bertz CT molecular complexity index is 328. The third-order valence-corrected chi connectivity index (χ3v) is 2.42. The second-order valence-electron chi connectivity index (χ2n) is 3.70. The third-order valence-electron chi connectivity index (χ3n) is 2.42. The minimum absolute atomic E-state index is 0.139. The summed E-state index contributed by atoms with van der Waals surface area (Å²) >= 11 is 0. The largest absolute Gasteiger partial charge is 0.504 e. The van der Waals surface area contributed by atoms with Gasteiger partial charge in [0.05, 0.1) is 13.2 Å². The molecule has 1 rings (SSSR count). The van der Waals surface area contributed by atoms with E-state index in [4.69, 9.17) is 4.74 Å². The highest BCUT2D eigenvalue weighted by molar-refractivity contribution is 5.41. The number of aromatic hydroxyl groups is 1. The summed E-state index contributed by atoms with van der Waals surface area (Å²) in [6.07, 6.45) is 0.435. The molecule has 4 nitrogen and oxygen atoms in total. The molecule has 0 spiro atoms. The zero-order chi connectivity index (χ0) is 12.0. The van der Waals surface area contributed by atoms with Crippen LogP contribution in [0.5, 0.6) is 11.5 Å². The van der Waals surface area contributed by atoms with Crippen LogP contribution in [-0.4, -0.2) is 30.0 Å². The number of aliphatic hydroxyl groups is 1. The molecule has 16 heavy (non-hydrogen) atoms. The molecule has 90 valence electrons. The number of hydrogen-bond acceptors (Lipinski definition) is 4. The summed E-state index contributed by atoms with van der Waals surface area (Å²) < 4.78 is 5.01. The van der Waals surface area contributed by atoms with Crippen LogP contribution in [0, 0.1) is 0 Å². The molecule has 1 aromatic carbocycles. The number of benzene rings is 1. The van der Waals surface area contributed by atoms with E-state index in [0.717, 1.165) is 12.0 Å². The number of phenolic OH excluding ortho intramolecular Hbond substituents is 1. The lowest BCUT2D eigenvalue weighted by Crippen LogP contribution is -2.25. The fourth-order valence-electron chi connectivity index (χ4n) is 1.36. The summed E-state index contributed by atoms with van der Waals surface area (Å²) in [5.41, 5.74) is 1.01. The van der Waals surface area contributed by atoms with Crippen molar-refractivity contribution in [1.82, 2.24) is 5.32 Å². The van der Waals surface area contributed by atoms with Crippen molar-refractivity contribution in [3.8, 4) is 11.5 Å². The first kappa shape index (κ1) is 12.8. The van der Waals surface area contributed by atoms with Gasteiger partial charge in [-0.1, -0.05) is 13.0 Å². The van der Waals surface area contributed by atoms with Gasteiger partial charge in [-0.15, -0.1) is 0 Å². The lowest BCUT2D eigenvalue weighted by molar-refractivity contribution is 0.167. The van der Waals surface area contributed by atoms with E-state index >= 15 is 0 Å². The van der Waals surface area contributed by atoms with Crippen LogP contribution < -0.4 is 10.1 Å². The molecule has 0 aliphatic rings. The van der Waals surface area contributed by atoms with Gasteiger partial charge < -0.3 is 20.3 Å². The quantitative estimate of drug-likeness (QED) is 0.682. The Morgan fingerprint density at radius 3 is 2.81 bits per heavy atom. The van der Waals surface area contributed by atoms with E-state index in [-0.39, 0.29) is 11.9 Å². The highest BCUT2D eigenvalue weighted by atomic mass is 16.5. The smallest absolute Gasteiger partial charge is 0.160 e. The van der Waals surface area contributed by atoms with Crippen LogP contribution in [0.25, 0.3) is 0 Å². The van der Waals surface area contributed by atoms with Crippen molar-refractivity contribution in [1.29, 1.82) is 0 Å². The van der Waals surface area contributed by atoms with E-state index < -0.39 is 0 Å². The first-order valence-electron chi connectivity index (χ1n) is 5.42. The van der Waals surface area contributed by atoms with Crippen LogP contribution in [0.15, 0.2) is 18.2 Å². The average molecular weight is 225 g/mol. The lowest BCUT2D eigenvalue weighted by atomic mass is 10.2. The van der Waals surface area contributed by atoms with Gasteiger partial charge in [0.25, 0.3) is 0 Å². The number of nitrogens with one attached hydrogen (secondary N) is 1. The Balaban J connectivity index is 2.48. The summed E-state index contributed by atoms with van der Waals surface area (Å²) in [5.74, 6) is 0.607. The topological polar surface area (TPSA) is 61.7 Å². The van der Waals surface area contributed by atoms with Gasteiger partial charge in [-0.3, -0.25) is 0 Å².